The van der Waals surface area contributed by atoms with Gasteiger partial charge in [0.05, 0.1) is 6.04 Å². The summed E-state index contributed by atoms with van der Waals surface area (Å²) in [5.41, 5.74) is 3.91. The van der Waals surface area contributed by atoms with Crippen LogP contribution in [0.5, 0.6) is 0 Å². The van der Waals surface area contributed by atoms with Gasteiger partial charge in [-0.05, 0) is 62.1 Å². The molecule has 2 amide bonds. The van der Waals surface area contributed by atoms with E-state index in [9.17, 15) is 9.59 Å². The minimum Gasteiger partial charge on any atom is -0.345 e. The maximum absolute atomic E-state index is 12.3. The molecule has 1 fully saturated rings. The lowest BCUT2D eigenvalue weighted by molar-refractivity contribution is -0.140. The van der Waals surface area contributed by atoms with Crippen molar-refractivity contribution in [3.63, 3.8) is 0 Å². The van der Waals surface area contributed by atoms with Crippen LogP contribution in [0.4, 0.5) is 0 Å². The SMILES string of the molecule is CC(NC(=O)C(=O)NC1CCCCCC1)c1ccc2c(c1)CCCC2. The number of fused-ring (bicyclic) bond motifs is 1. The van der Waals surface area contributed by atoms with Crippen LogP contribution < -0.4 is 10.6 Å². The van der Waals surface area contributed by atoms with E-state index in [4.69, 9.17) is 0 Å². The predicted molar refractivity (Wildman–Crippen MR) is 99.3 cm³/mol. The normalized spacial score (nSPS) is 19.4. The average molecular weight is 342 g/mol. The molecule has 0 radical (unpaired) electrons. The minimum atomic E-state index is -0.519. The molecular formula is C21H30N2O2. The Labute approximate surface area is 150 Å². The van der Waals surface area contributed by atoms with Crippen molar-refractivity contribution in [3.05, 3.63) is 34.9 Å². The van der Waals surface area contributed by atoms with Crippen molar-refractivity contribution >= 4 is 11.8 Å². The second kappa shape index (κ2) is 8.50. The number of hydrogen-bond donors (Lipinski definition) is 2. The van der Waals surface area contributed by atoms with Gasteiger partial charge in [0.1, 0.15) is 0 Å². The molecule has 0 aliphatic heterocycles. The standard InChI is InChI=1S/C21H30N2O2/c1-15(17-13-12-16-8-6-7-9-18(16)14-17)22-20(24)21(25)23-19-10-4-2-3-5-11-19/h12-15,19H,2-11H2,1H3,(H,22,24)(H,23,25). The highest BCUT2D eigenvalue weighted by molar-refractivity contribution is 6.35. The highest BCUT2D eigenvalue weighted by Crippen LogP contribution is 2.24. The molecule has 2 N–H and O–H groups in total. The smallest absolute Gasteiger partial charge is 0.309 e. The molecule has 1 aromatic carbocycles. The molecule has 0 spiro atoms. The summed E-state index contributed by atoms with van der Waals surface area (Å²) in [6.07, 6.45) is 11.5. The number of benzene rings is 1. The fourth-order valence-corrected chi connectivity index (χ4v) is 4.04. The van der Waals surface area contributed by atoms with Crippen LogP contribution in [0.15, 0.2) is 18.2 Å². The van der Waals surface area contributed by atoms with E-state index < -0.39 is 11.8 Å². The first-order chi connectivity index (χ1) is 12.1. The molecule has 1 aromatic rings. The van der Waals surface area contributed by atoms with E-state index in [0.717, 1.165) is 44.1 Å². The van der Waals surface area contributed by atoms with Gasteiger partial charge < -0.3 is 10.6 Å². The van der Waals surface area contributed by atoms with Crippen molar-refractivity contribution in [3.8, 4) is 0 Å². The summed E-state index contributed by atoms with van der Waals surface area (Å²) in [4.78, 5) is 24.5. The first-order valence-corrected chi connectivity index (χ1v) is 9.86. The van der Waals surface area contributed by atoms with E-state index in [-0.39, 0.29) is 12.1 Å². The van der Waals surface area contributed by atoms with E-state index in [1.165, 1.54) is 36.8 Å². The Morgan fingerprint density at radius 2 is 1.60 bits per heavy atom. The lowest BCUT2D eigenvalue weighted by atomic mass is 9.89. The van der Waals surface area contributed by atoms with Crippen LogP contribution in [0, 0.1) is 0 Å². The second-order valence-electron chi connectivity index (χ2n) is 7.59. The molecule has 0 heterocycles. The molecule has 136 valence electrons. The average Bonchev–Trinajstić information content (AvgIpc) is 2.89. The summed E-state index contributed by atoms with van der Waals surface area (Å²) in [7, 11) is 0. The third kappa shape index (κ3) is 4.83. The van der Waals surface area contributed by atoms with Gasteiger partial charge in [-0.3, -0.25) is 9.59 Å². The zero-order valence-electron chi connectivity index (χ0n) is 15.3. The van der Waals surface area contributed by atoms with Crippen LogP contribution in [-0.2, 0) is 22.4 Å². The van der Waals surface area contributed by atoms with Crippen LogP contribution in [0.25, 0.3) is 0 Å². The van der Waals surface area contributed by atoms with Gasteiger partial charge in [-0.1, -0.05) is 43.9 Å². The van der Waals surface area contributed by atoms with Crippen molar-refractivity contribution in [1.29, 1.82) is 0 Å². The van der Waals surface area contributed by atoms with Crippen LogP contribution in [-0.4, -0.2) is 17.9 Å². The highest BCUT2D eigenvalue weighted by Gasteiger charge is 2.22. The van der Waals surface area contributed by atoms with Crippen LogP contribution in [0.1, 0.15) is 81.0 Å². The van der Waals surface area contributed by atoms with Gasteiger partial charge in [-0.15, -0.1) is 0 Å². The Morgan fingerprint density at radius 1 is 0.920 bits per heavy atom. The molecule has 2 aliphatic rings. The van der Waals surface area contributed by atoms with Gasteiger partial charge in [0.2, 0.25) is 0 Å². The van der Waals surface area contributed by atoms with Crippen molar-refractivity contribution in [2.75, 3.05) is 0 Å². The van der Waals surface area contributed by atoms with E-state index >= 15 is 0 Å². The van der Waals surface area contributed by atoms with Crippen molar-refractivity contribution in [1.82, 2.24) is 10.6 Å². The lowest BCUT2D eigenvalue weighted by Crippen LogP contribution is -2.45. The van der Waals surface area contributed by atoms with Crippen molar-refractivity contribution in [2.24, 2.45) is 0 Å². The molecular weight excluding hydrogens is 312 g/mol. The lowest BCUT2D eigenvalue weighted by Gasteiger charge is -2.20. The van der Waals surface area contributed by atoms with Gasteiger partial charge in [0.15, 0.2) is 0 Å². The molecule has 25 heavy (non-hydrogen) atoms. The fourth-order valence-electron chi connectivity index (χ4n) is 4.04. The minimum absolute atomic E-state index is 0.153. The molecule has 4 nitrogen and oxygen atoms in total. The first-order valence-electron chi connectivity index (χ1n) is 9.86. The molecule has 0 bridgehead atoms. The van der Waals surface area contributed by atoms with Crippen LogP contribution in [0.2, 0.25) is 0 Å². The highest BCUT2D eigenvalue weighted by atomic mass is 16.2. The van der Waals surface area contributed by atoms with Crippen molar-refractivity contribution in [2.45, 2.75) is 83.2 Å². The fraction of sp³-hybridized carbons (Fsp3) is 0.619. The number of nitrogens with one attached hydrogen (secondary N) is 2. The topological polar surface area (TPSA) is 58.2 Å². The zero-order chi connectivity index (χ0) is 17.6. The predicted octanol–water partition coefficient (Wildman–Crippen LogP) is 3.58. The monoisotopic (exact) mass is 342 g/mol. The largest absolute Gasteiger partial charge is 0.345 e. The third-order valence-corrected chi connectivity index (χ3v) is 5.62. The summed E-state index contributed by atoms with van der Waals surface area (Å²) in [6, 6.07) is 6.46. The van der Waals surface area contributed by atoms with Gasteiger partial charge in [0.25, 0.3) is 0 Å². The quantitative estimate of drug-likeness (QED) is 0.651. The van der Waals surface area contributed by atoms with E-state index in [2.05, 4.69) is 28.8 Å². The van der Waals surface area contributed by atoms with Crippen molar-refractivity contribution < 1.29 is 9.59 Å². The van der Waals surface area contributed by atoms with E-state index in [0.29, 0.717) is 0 Å². The Morgan fingerprint density at radius 3 is 2.32 bits per heavy atom. The molecule has 1 unspecified atom stereocenters. The summed E-state index contributed by atoms with van der Waals surface area (Å²) in [5, 5.41) is 5.77. The maximum Gasteiger partial charge on any atom is 0.309 e. The Kier molecular flexibility index (Phi) is 6.11. The number of aryl methyl sites for hydroxylation is 2. The van der Waals surface area contributed by atoms with E-state index in [1.54, 1.807) is 0 Å². The number of carbonyl (C=O) groups excluding carboxylic acids is 2. The number of amides is 2. The second-order valence-corrected chi connectivity index (χ2v) is 7.59. The number of rotatable bonds is 3. The first kappa shape index (κ1) is 18.0. The maximum atomic E-state index is 12.3. The summed E-state index contributed by atoms with van der Waals surface area (Å²) < 4.78 is 0. The third-order valence-electron chi connectivity index (χ3n) is 5.62. The van der Waals surface area contributed by atoms with Gasteiger partial charge in [-0.2, -0.15) is 0 Å². The zero-order valence-corrected chi connectivity index (χ0v) is 15.3. The summed E-state index contributed by atoms with van der Waals surface area (Å²) in [6.45, 7) is 1.95. The molecule has 1 atom stereocenters. The molecule has 0 saturated heterocycles. The van der Waals surface area contributed by atoms with Crippen LogP contribution >= 0.6 is 0 Å². The molecule has 3 rings (SSSR count). The van der Waals surface area contributed by atoms with E-state index in [1.807, 2.05) is 6.92 Å². The summed E-state index contributed by atoms with van der Waals surface area (Å²) in [5.74, 6) is -1.01. The summed E-state index contributed by atoms with van der Waals surface area (Å²) >= 11 is 0. The van der Waals surface area contributed by atoms with Gasteiger partial charge >= 0.3 is 11.8 Å². The van der Waals surface area contributed by atoms with Gasteiger partial charge in [-0.25, -0.2) is 0 Å². The Bertz CT molecular complexity index is 618. The molecule has 0 aromatic heterocycles. The number of hydrogen-bond acceptors (Lipinski definition) is 2. The Balaban J connectivity index is 1.55. The van der Waals surface area contributed by atoms with Gasteiger partial charge in [0, 0.05) is 6.04 Å². The Hall–Kier alpha value is -1.84. The van der Waals surface area contributed by atoms with Crippen LogP contribution in [0.3, 0.4) is 0 Å². The molecule has 4 heteroatoms. The molecule has 2 aliphatic carbocycles. The molecule has 1 saturated carbocycles. The number of carbonyl (C=O) groups is 2.